The number of carbonyl (C=O) groups excluding carboxylic acids is 1. The summed E-state index contributed by atoms with van der Waals surface area (Å²) in [5.74, 6) is -0.176. The molecule has 0 saturated heterocycles. The molecule has 0 spiro atoms. The van der Waals surface area contributed by atoms with Crippen LogP contribution in [-0.4, -0.2) is 24.7 Å². The monoisotopic (exact) mass is 325 g/mol. The van der Waals surface area contributed by atoms with Crippen molar-refractivity contribution in [2.75, 3.05) is 13.7 Å². The Morgan fingerprint density at radius 1 is 1.25 bits per heavy atom. The van der Waals surface area contributed by atoms with Gasteiger partial charge in [-0.25, -0.2) is 0 Å². The Kier molecular flexibility index (Phi) is 4.97. The summed E-state index contributed by atoms with van der Waals surface area (Å²) in [6.45, 7) is 0.690. The van der Waals surface area contributed by atoms with Crippen LogP contribution in [0.4, 0.5) is 0 Å². The zero-order chi connectivity index (χ0) is 17.0. The van der Waals surface area contributed by atoms with Gasteiger partial charge in [-0.15, -0.1) is 0 Å². The van der Waals surface area contributed by atoms with Gasteiger partial charge in [0.05, 0.1) is 13.2 Å². The second-order valence-electron chi connectivity index (χ2n) is 6.36. The van der Waals surface area contributed by atoms with Gasteiger partial charge < -0.3 is 15.2 Å². The molecule has 0 saturated carbocycles. The Morgan fingerprint density at radius 3 is 2.92 bits per heavy atom. The third-order valence-corrected chi connectivity index (χ3v) is 4.60. The number of carbonyl (C=O) groups is 1. The molecule has 4 heteroatoms. The fourth-order valence-corrected chi connectivity index (χ4v) is 3.38. The molecule has 126 valence electrons. The van der Waals surface area contributed by atoms with Crippen molar-refractivity contribution in [2.45, 2.75) is 31.5 Å². The number of hydrogen-bond donors (Lipinski definition) is 2. The lowest BCUT2D eigenvalue weighted by molar-refractivity contribution is 0.0189. The van der Waals surface area contributed by atoms with Crippen LogP contribution in [0, 0.1) is 0 Å². The van der Waals surface area contributed by atoms with Crippen LogP contribution in [0.2, 0.25) is 0 Å². The Morgan fingerprint density at radius 2 is 2.08 bits per heavy atom. The molecule has 0 bridgehead atoms. The van der Waals surface area contributed by atoms with E-state index >= 15 is 0 Å². The highest BCUT2D eigenvalue weighted by Crippen LogP contribution is 2.34. The zero-order valence-corrected chi connectivity index (χ0v) is 13.9. The number of fused-ring (bicyclic) bond motifs is 1. The average molecular weight is 325 g/mol. The third kappa shape index (κ3) is 3.50. The second kappa shape index (κ2) is 7.16. The maximum absolute atomic E-state index is 12.4. The molecule has 0 aromatic heterocycles. The van der Waals surface area contributed by atoms with Crippen LogP contribution in [0.1, 0.15) is 39.9 Å². The number of methoxy groups -OCH3 is 1. The molecule has 0 radical (unpaired) electrons. The van der Waals surface area contributed by atoms with Crippen molar-refractivity contribution in [1.29, 1.82) is 0 Å². The van der Waals surface area contributed by atoms with Crippen molar-refractivity contribution in [3.8, 4) is 0 Å². The molecule has 2 aromatic rings. The minimum Gasteiger partial charge on any atom is -0.383 e. The number of amides is 1. The summed E-state index contributed by atoms with van der Waals surface area (Å²) in [6, 6.07) is 15.3. The van der Waals surface area contributed by atoms with E-state index in [9.17, 15) is 9.90 Å². The van der Waals surface area contributed by atoms with E-state index in [-0.39, 0.29) is 12.5 Å². The van der Waals surface area contributed by atoms with Gasteiger partial charge in [-0.3, -0.25) is 4.79 Å². The van der Waals surface area contributed by atoms with E-state index in [1.807, 2.05) is 36.4 Å². The highest BCUT2D eigenvalue weighted by molar-refractivity contribution is 5.94. The van der Waals surface area contributed by atoms with Crippen molar-refractivity contribution in [1.82, 2.24) is 5.32 Å². The van der Waals surface area contributed by atoms with Gasteiger partial charge in [0.15, 0.2) is 0 Å². The predicted molar refractivity (Wildman–Crippen MR) is 92.8 cm³/mol. The topological polar surface area (TPSA) is 58.6 Å². The molecule has 1 unspecified atom stereocenters. The van der Waals surface area contributed by atoms with Gasteiger partial charge in [-0.1, -0.05) is 36.4 Å². The fourth-order valence-electron chi connectivity index (χ4n) is 3.38. The van der Waals surface area contributed by atoms with Crippen molar-refractivity contribution >= 4 is 5.91 Å². The largest absolute Gasteiger partial charge is 0.383 e. The number of benzene rings is 2. The molecule has 4 nitrogen and oxygen atoms in total. The predicted octanol–water partition coefficient (Wildman–Crippen LogP) is 2.79. The molecule has 24 heavy (non-hydrogen) atoms. The van der Waals surface area contributed by atoms with Gasteiger partial charge in [-0.2, -0.15) is 0 Å². The van der Waals surface area contributed by atoms with Crippen molar-refractivity contribution in [2.24, 2.45) is 0 Å². The van der Waals surface area contributed by atoms with E-state index < -0.39 is 5.60 Å². The quantitative estimate of drug-likeness (QED) is 0.889. The first-order valence-corrected chi connectivity index (χ1v) is 8.29. The summed E-state index contributed by atoms with van der Waals surface area (Å²) >= 11 is 0. The number of hydrogen-bond acceptors (Lipinski definition) is 3. The van der Waals surface area contributed by atoms with Gasteiger partial charge in [0.1, 0.15) is 5.60 Å². The fraction of sp³-hybridized carbons (Fsp3) is 0.350. The number of aryl methyl sites for hydroxylation is 1. The van der Waals surface area contributed by atoms with Crippen LogP contribution < -0.4 is 5.32 Å². The molecular weight excluding hydrogens is 302 g/mol. The van der Waals surface area contributed by atoms with Crippen molar-refractivity contribution < 1.29 is 14.6 Å². The maximum Gasteiger partial charge on any atom is 0.251 e. The van der Waals surface area contributed by atoms with Crippen LogP contribution in [0.15, 0.2) is 48.5 Å². The van der Waals surface area contributed by atoms with E-state index in [0.29, 0.717) is 18.6 Å². The number of ether oxygens (including phenoxy) is 1. The lowest BCUT2D eigenvalue weighted by Crippen LogP contribution is -2.43. The summed E-state index contributed by atoms with van der Waals surface area (Å²) in [5.41, 5.74) is 2.64. The zero-order valence-electron chi connectivity index (χ0n) is 13.9. The average Bonchev–Trinajstić information content (AvgIpc) is 2.61. The van der Waals surface area contributed by atoms with E-state index in [1.165, 1.54) is 5.56 Å². The van der Waals surface area contributed by atoms with Crippen LogP contribution in [0.5, 0.6) is 0 Å². The van der Waals surface area contributed by atoms with Gasteiger partial charge in [-0.05, 0) is 48.1 Å². The Bertz CT molecular complexity index is 728. The summed E-state index contributed by atoms with van der Waals surface area (Å²) in [4.78, 5) is 12.4. The molecular formula is C20H23NO3. The standard InChI is InChI=1S/C20H23NO3/c1-24-13-15-6-4-8-17(12-15)19(22)21-14-20(23)11-5-9-16-7-2-3-10-18(16)20/h2-4,6-8,10,12,23H,5,9,11,13-14H2,1H3,(H,21,22). The SMILES string of the molecule is COCc1cccc(C(=O)NCC2(O)CCCc3ccccc32)c1. The molecule has 0 heterocycles. The van der Waals surface area contributed by atoms with E-state index in [4.69, 9.17) is 4.74 Å². The number of nitrogens with one attached hydrogen (secondary N) is 1. The van der Waals surface area contributed by atoms with Crippen molar-refractivity contribution in [3.63, 3.8) is 0 Å². The van der Waals surface area contributed by atoms with Gasteiger partial charge in [0.2, 0.25) is 0 Å². The molecule has 1 aliphatic carbocycles. The molecule has 2 N–H and O–H groups in total. The van der Waals surface area contributed by atoms with E-state index in [0.717, 1.165) is 24.0 Å². The molecule has 3 rings (SSSR count). The highest BCUT2D eigenvalue weighted by Gasteiger charge is 2.34. The van der Waals surface area contributed by atoms with Crippen LogP contribution in [0.25, 0.3) is 0 Å². The van der Waals surface area contributed by atoms with Gasteiger partial charge in [0, 0.05) is 12.7 Å². The second-order valence-corrected chi connectivity index (χ2v) is 6.36. The Labute approximate surface area is 142 Å². The lowest BCUT2D eigenvalue weighted by Gasteiger charge is -2.34. The summed E-state index contributed by atoms with van der Waals surface area (Å²) in [5, 5.41) is 13.9. The Hall–Kier alpha value is -2.17. The molecule has 0 aliphatic heterocycles. The molecule has 1 atom stereocenters. The lowest BCUT2D eigenvalue weighted by atomic mass is 9.79. The smallest absolute Gasteiger partial charge is 0.251 e. The van der Waals surface area contributed by atoms with E-state index in [2.05, 4.69) is 11.4 Å². The van der Waals surface area contributed by atoms with Crippen LogP contribution in [0.3, 0.4) is 0 Å². The highest BCUT2D eigenvalue weighted by atomic mass is 16.5. The van der Waals surface area contributed by atoms with Gasteiger partial charge in [0.25, 0.3) is 5.91 Å². The maximum atomic E-state index is 12.4. The number of aliphatic hydroxyl groups is 1. The van der Waals surface area contributed by atoms with E-state index in [1.54, 1.807) is 13.2 Å². The molecule has 2 aromatic carbocycles. The minimum atomic E-state index is -0.991. The normalized spacial score (nSPS) is 19.6. The molecule has 0 fully saturated rings. The first kappa shape index (κ1) is 16.7. The molecule has 1 amide bonds. The van der Waals surface area contributed by atoms with Gasteiger partial charge >= 0.3 is 0 Å². The summed E-state index contributed by atoms with van der Waals surface area (Å²) in [6.07, 6.45) is 2.56. The summed E-state index contributed by atoms with van der Waals surface area (Å²) < 4.78 is 5.10. The third-order valence-electron chi connectivity index (χ3n) is 4.60. The van der Waals surface area contributed by atoms with Crippen LogP contribution >= 0.6 is 0 Å². The van der Waals surface area contributed by atoms with Crippen LogP contribution in [-0.2, 0) is 23.4 Å². The Balaban J connectivity index is 1.72. The number of rotatable bonds is 5. The van der Waals surface area contributed by atoms with Crippen molar-refractivity contribution in [3.05, 3.63) is 70.8 Å². The first-order chi connectivity index (χ1) is 11.6. The minimum absolute atomic E-state index is 0.176. The first-order valence-electron chi connectivity index (χ1n) is 8.29. The molecule has 1 aliphatic rings. The summed E-state index contributed by atoms with van der Waals surface area (Å²) in [7, 11) is 1.63.